The van der Waals surface area contributed by atoms with Gasteiger partial charge in [-0.2, -0.15) is 4.98 Å². The minimum Gasteiger partial charge on any atom is -0.464 e. The number of furan rings is 1. The second-order valence-electron chi connectivity index (χ2n) is 7.43. The lowest BCUT2D eigenvalue weighted by Gasteiger charge is -2.15. The maximum Gasteiger partial charge on any atom is 0.226 e. The molecule has 2 atom stereocenters. The topological polar surface area (TPSA) is 72.4 Å². The van der Waals surface area contributed by atoms with Crippen molar-refractivity contribution in [2.24, 2.45) is 5.92 Å². The van der Waals surface area contributed by atoms with E-state index in [1.54, 1.807) is 4.90 Å². The second-order valence-corrected chi connectivity index (χ2v) is 7.43. The van der Waals surface area contributed by atoms with Gasteiger partial charge in [0.15, 0.2) is 5.82 Å². The SMILES string of the molecule is CC(C)c1noc(CCCC(=O)N(C)Cc2ccc([C@H]3C[C@H]3C)o2)n1. The Kier molecular flexibility index (Phi) is 5.25. The molecular weight excluding hydrogens is 318 g/mol. The molecule has 0 unspecified atom stereocenters. The molecule has 1 aliphatic rings. The fourth-order valence-electron chi connectivity index (χ4n) is 2.91. The number of amides is 1. The fraction of sp³-hybridized carbons (Fsp3) is 0.632. The molecule has 6 heteroatoms. The van der Waals surface area contributed by atoms with Gasteiger partial charge in [-0.15, -0.1) is 0 Å². The average Bonchev–Trinajstić information content (AvgIpc) is 2.98. The van der Waals surface area contributed by atoms with Gasteiger partial charge in [-0.05, 0) is 30.9 Å². The monoisotopic (exact) mass is 345 g/mol. The quantitative estimate of drug-likeness (QED) is 0.726. The predicted molar refractivity (Wildman–Crippen MR) is 93.0 cm³/mol. The molecule has 0 N–H and O–H groups in total. The van der Waals surface area contributed by atoms with Crippen molar-refractivity contribution in [2.45, 2.75) is 64.8 Å². The molecule has 3 rings (SSSR count). The molecule has 2 aromatic rings. The number of aryl methyl sites for hydroxylation is 1. The van der Waals surface area contributed by atoms with Crippen LogP contribution in [0, 0.1) is 5.92 Å². The van der Waals surface area contributed by atoms with Gasteiger partial charge in [0.2, 0.25) is 11.8 Å². The first-order chi connectivity index (χ1) is 11.9. The molecule has 25 heavy (non-hydrogen) atoms. The summed E-state index contributed by atoms with van der Waals surface area (Å²) in [5.41, 5.74) is 0. The number of aromatic nitrogens is 2. The van der Waals surface area contributed by atoms with E-state index in [2.05, 4.69) is 17.1 Å². The summed E-state index contributed by atoms with van der Waals surface area (Å²) in [4.78, 5) is 18.3. The Hall–Kier alpha value is -2.11. The van der Waals surface area contributed by atoms with Gasteiger partial charge in [0.1, 0.15) is 11.5 Å². The Morgan fingerprint density at radius 1 is 1.40 bits per heavy atom. The van der Waals surface area contributed by atoms with E-state index in [4.69, 9.17) is 8.94 Å². The van der Waals surface area contributed by atoms with Crippen LogP contribution in [-0.4, -0.2) is 28.0 Å². The molecule has 0 aromatic carbocycles. The molecule has 1 aliphatic carbocycles. The number of carbonyl (C=O) groups excluding carboxylic acids is 1. The minimum absolute atomic E-state index is 0.0985. The summed E-state index contributed by atoms with van der Waals surface area (Å²) in [6.45, 7) is 6.79. The maximum absolute atomic E-state index is 12.3. The first-order valence-corrected chi connectivity index (χ1v) is 9.09. The van der Waals surface area contributed by atoms with Gasteiger partial charge in [0.25, 0.3) is 0 Å². The van der Waals surface area contributed by atoms with E-state index in [0.717, 1.165) is 23.3 Å². The van der Waals surface area contributed by atoms with Crippen LogP contribution in [0.2, 0.25) is 0 Å². The molecule has 0 spiro atoms. The summed E-state index contributed by atoms with van der Waals surface area (Å²) < 4.78 is 11.1. The zero-order chi connectivity index (χ0) is 18.0. The van der Waals surface area contributed by atoms with Crippen molar-refractivity contribution in [1.29, 1.82) is 0 Å². The summed E-state index contributed by atoms with van der Waals surface area (Å²) in [6.07, 6.45) is 2.99. The fourth-order valence-corrected chi connectivity index (χ4v) is 2.91. The Morgan fingerprint density at radius 2 is 2.16 bits per heavy atom. The summed E-state index contributed by atoms with van der Waals surface area (Å²) >= 11 is 0. The van der Waals surface area contributed by atoms with Crippen molar-refractivity contribution in [3.63, 3.8) is 0 Å². The number of hydrogen-bond acceptors (Lipinski definition) is 5. The first kappa shape index (κ1) is 17.7. The smallest absolute Gasteiger partial charge is 0.226 e. The van der Waals surface area contributed by atoms with Gasteiger partial charge in [-0.25, -0.2) is 0 Å². The van der Waals surface area contributed by atoms with E-state index in [9.17, 15) is 4.79 Å². The van der Waals surface area contributed by atoms with Gasteiger partial charge >= 0.3 is 0 Å². The highest BCUT2D eigenvalue weighted by Gasteiger charge is 2.36. The van der Waals surface area contributed by atoms with E-state index >= 15 is 0 Å². The van der Waals surface area contributed by atoms with Crippen molar-refractivity contribution in [1.82, 2.24) is 15.0 Å². The average molecular weight is 345 g/mol. The largest absolute Gasteiger partial charge is 0.464 e. The third-order valence-corrected chi connectivity index (χ3v) is 4.76. The van der Waals surface area contributed by atoms with Gasteiger partial charge < -0.3 is 13.8 Å². The van der Waals surface area contributed by atoms with Gasteiger partial charge in [-0.3, -0.25) is 4.79 Å². The Morgan fingerprint density at radius 3 is 2.80 bits per heavy atom. The molecule has 0 radical (unpaired) electrons. The van der Waals surface area contributed by atoms with Crippen LogP contribution in [-0.2, 0) is 17.8 Å². The third kappa shape index (κ3) is 4.50. The molecule has 1 amide bonds. The zero-order valence-electron chi connectivity index (χ0n) is 15.5. The summed E-state index contributed by atoms with van der Waals surface area (Å²) in [7, 11) is 1.81. The van der Waals surface area contributed by atoms with Crippen molar-refractivity contribution < 1.29 is 13.7 Å². The lowest BCUT2D eigenvalue weighted by Crippen LogP contribution is -2.25. The molecule has 2 aromatic heterocycles. The molecule has 0 bridgehead atoms. The highest BCUT2D eigenvalue weighted by Crippen LogP contribution is 2.47. The Balaban J connectivity index is 1.42. The van der Waals surface area contributed by atoms with E-state index < -0.39 is 0 Å². The molecule has 136 valence electrons. The molecule has 2 heterocycles. The van der Waals surface area contributed by atoms with E-state index in [1.807, 2.05) is 33.0 Å². The minimum atomic E-state index is 0.0985. The van der Waals surface area contributed by atoms with Crippen LogP contribution in [0.3, 0.4) is 0 Å². The van der Waals surface area contributed by atoms with Gasteiger partial charge in [-0.1, -0.05) is 25.9 Å². The van der Waals surface area contributed by atoms with Crippen LogP contribution >= 0.6 is 0 Å². The predicted octanol–water partition coefficient (Wildman–Crippen LogP) is 3.89. The molecule has 0 aliphatic heterocycles. The van der Waals surface area contributed by atoms with E-state index in [-0.39, 0.29) is 11.8 Å². The van der Waals surface area contributed by atoms with Crippen LogP contribution < -0.4 is 0 Å². The highest BCUT2D eigenvalue weighted by atomic mass is 16.5. The first-order valence-electron chi connectivity index (χ1n) is 9.09. The number of rotatable bonds is 8. The molecule has 1 saturated carbocycles. The van der Waals surface area contributed by atoms with Crippen molar-refractivity contribution in [3.8, 4) is 0 Å². The van der Waals surface area contributed by atoms with Crippen LogP contribution in [0.4, 0.5) is 0 Å². The lowest BCUT2D eigenvalue weighted by molar-refractivity contribution is -0.130. The molecule has 0 saturated heterocycles. The maximum atomic E-state index is 12.3. The van der Waals surface area contributed by atoms with Crippen molar-refractivity contribution in [3.05, 3.63) is 35.4 Å². The van der Waals surface area contributed by atoms with Crippen molar-refractivity contribution in [2.75, 3.05) is 7.05 Å². The van der Waals surface area contributed by atoms with Crippen LogP contribution in [0.1, 0.15) is 75.1 Å². The number of hydrogen-bond donors (Lipinski definition) is 0. The molecule has 6 nitrogen and oxygen atoms in total. The van der Waals surface area contributed by atoms with E-state index in [0.29, 0.717) is 37.6 Å². The third-order valence-electron chi connectivity index (χ3n) is 4.76. The number of carbonyl (C=O) groups is 1. The standard InChI is InChI=1S/C19H27N3O3/c1-12(2)19-20-17(25-21-19)6-5-7-18(23)22(4)11-14-8-9-16(24-14)15-10-13(15)3/h8-9,12-13,15H,5-7,10-11H2,1-4H3/t13-,15+/m1/s1. The highest BCUT2D eigenvalue weighted by molar-refractivity contribution is 5.75. The summed E-state index contributed by atoms with van der Waals surface area (Å²) in [6, 6.07) is 4.03. The van der Waals surface area contributed by atoms with Crippen LogP contribution in [0.25, 0.3) is 0 Å². The normalized spacial score (nSPS) is 19.4. The summed E-state index contributed by atoms with van der Waals surface area (Å²) in [5.74, 6) is 4.87. The lowest BCUT2D eigenvalue weighted by atomic mass is 10.2. The van der Waals surface area contributed by atoms with Gasteiger partial charge in [0, 0.05) is 31.7 Å². The molecule has 1 fully saturated rings. The van der Waals surface area contributed by atoms with Crippen LogP contribution in [0.5, 0.6) is 0 Å². The Labute approximate surface area is 148 Å². The van der Waals surface area contributed by atoms with Crippen molar-refractivity contribution >= 4 is 5.91 Å². The Bertz CT molecular complexity index is 719. The van der Waals surface area contributed by atoms with Gasteiger partial charge in [0.05, 0.1) is 6.54 Å². The van der Waals surface area contributed by atoms with E-state index in [1.165, 1.54) is 6.42 Å². The summed E-state index contributed by atoms with van der Waals surface area (Å²) in [5, 5.41) is 3.94. The second kappa shape index (κ2) is 7.42. The molecular formula is C19H27N3O3. The number of nitrogens with zero attached hydrogens (tertiary/aromatic N) is 3. The zero-order valence-corrected chi connectivity index (χ0v) is 15.5. The van der Waals surface area contributed by atoms with Crippen LogP contribution in [0.15, 0.2) is 21.1 Å².